The molecule has 0 aliphatic heterocycles. The summed E-state index contributed by atoms with van der Waals surface area (Å²) in [5, 5.41) is 0. The molecule has 0 aromatic carbocycles. The van der Waals surface area contributed by atoms with Gasteiger partial charge in [-0.2, -0.15) is 0 Å². The monoisotopic (exact) mass is 396 g/mol. The molecule has 2 heteroatoms. The molecule has 0 aromatic heterocycles. The largest absolute Gasteiger partial charge is 0.330 e. The molecule has 0 radical (unpaired) electrons. The fraction of sp³-hybridized carbons (Fsp3) is 1.00. The van der Waals surface area contributed by atoms with Crippen molar-refractivity contribution in [3.63, 3.8) is 0 Å². The third kappa shape index (κ3) is 7.01. The zero-order chi connectivity index (χ0) is 21.7. The van der Waals surface area contributed by atoms with Crippen LogP contribution in [-0.4, -0.2) is 13.1 Å². The van der Waals surface area contributed by atoms with Crippen molar-refractivity contribution in [1.29, 1.82) is 0 Å². The molecule has 0 saturated heterocycles. The zero-order valence-electron chi connectivity index (χ0n) is 20.8. The second-order valence-corrected chi connectivity index (χ2v) is 9.24. The first-order valence-electron chi connectivity index (χ1n) is 12.9. The highest BCUT2D eigenvalue weighted by molar-refractivity contribution is 4.89. The van der Waals surface area contributed by atoms with Crippen LogP contribution in [0, 0.1) is 47.3 Å². The Labute approximate surface area is 179 Å². The lowest BCUT2D eigenvalue weighted by atomic mass is 9.60. The molecule has 0 bridgehead atoms. The van der Waals surface area contributed by atoms with E-state index in [1.165, 1.54) is 51.4 Å². The lowest BCUT2D eigenvalue weighted by molar-refractivity contribution is 0.0383. The molecule has 0 rings (SSSR count). The maximum atomic E-state index is 6.22. The standard InChI is InChI=1S/C26H56N2/c1-9-19(17-27)21(11-3)23(13-5)25(15-7)26(16-8)24(14-6)22(12-4)20(10-2)18-28/h19-26H,9-18,27-28H2,1-8H3. The van der Waals surface area contributed by atoms with Gasteiger partial charge in [0.25, 0.3) is 0 Å². The smallest absolute Gasteiger partial charge is 0.00462 e. The lowest BCUT2D eigenvalue weighted by Crippen LogP contribution is -2.40. The molecule has 4 N–H and O–H groups in total. The third-order valence-corrected chi connectivity index (χ3v) is 8.44. The van der Waals surface area contributed by atoms with Crippen molar-refractivity contribution in [2.45, 2.75) is 107 Å². The number of rotatable bonds is 17. The highest BCUT2D eigenvalue weighted by Gasteiger charge is 2.39. The van der Waals surface area contributed by atoms with E-state index in [1.54, 1.807) is 0 Å². The predicted octanol–water partition coefficient (Wildman–Crippen LogP) is 7.11. The number of hydrogen-bond acceptors (Lipinski definition) is 2. The summed E-state index contributed by atoms with van der Waals surface area (Å²) >= 11 is 0. The van der Waals surface area contributed by atoms with Gasteiger partial charge >= 0.3 is 0 Å². The molecule has 0 fully saturated rings. The van der Waals surface area contributed by atoms with Crippen molar-refractivity contribution in [3.05, 3.63) is 0 Å². The van der Waals surface area contributed by atoms with Crippen LogP contribution in [0.25, 0.3) is 0 Å². The summed E-state index contributed by atoms with van der Waals surface area (Å²) in [6.45, 7) is 20.9. The molecule has 0 amide bonds. The predicted molar refractivity (Wildman–Crippen MR) is 128 cm³/mol. The van der Waals surface area contributed by atoms with Crippen LogP contribution in [0.15, 0.2) is 0 Å². The summed E-state index contributed by atoms with van der Waals surface area (Å²) < 4.78 is 0. The Hall–Kier alpha value is -0.0800. The van der Waals surface area contributed by atoms with E-state index in [2.05, 4.69) is 55.4 Å². The Morgan fingerprint density at radius 3 is 0.714 bits per heavy atom. The number of nitrogens with two attached hydrogens (primary N) is 2. The maximum Gasteiger partial charge on any atom is -0.00462 e. The lowest BCUT2D eigenvalue weighted by Gasteiger charge is -2.45. The summed E-state index contributed by atoms with van der Waals surface area (Å²) in [5.74, 6) is 6.13. The van der Waals surface area contributed by atoms with E-state index in [0.717, 1.165) is 48.6 Å². The molecule has 2 nitrogen and oxygen atoms in total. The van der Waals surface area contributed by atoms with Crippen LogP contribution in [0.1, 0.15) is 107 Å². The summed E-state index contributed by atoms with van der Waals surface area (Å²) in [6, 6.07) is 0. The average Bonchev–Trinajstić information content (AvgIpc) is 2.73. The van der Waals surface area contributed by atoms with Crippen molar-refractivity contribution < 1.29 is 0 Å². The summed E-state index contributed by atoms with van der Waals surface area (Å²) in [5.41, 5.74) is 12.4. The van der Waals surface area contributed by atoms with Crippen LogP contribution in [-0.2, 0) is 0 Å². The van der Waals surface area contributed by atoms with Crippen molar-refractivity contribution in [3.8, 4) is 0 Å². The van der Waals surface area contributed by atoms with E-state index in [9.17, 15) is 0 Å². The van der Waals surface area contributed by atoms with E-state index >= 15 is 0 Å². The van der Waals surface area contributed by atoms with E-state index < -0.39 is 0 Å². The highest BCUT2D eigenvalue weighted by atomic mass is 14.6. The van der Waals surface area contributed by atoms with Gasteiger partial charge in [-0.1, -0.05) is 107 Å². The van der Waals surface area contributed by atoms with Crippen molar-refractivity contribution >= 4 is 0 Å². The van der Waals surface area contributed by atoms with Crippen molar-refractivity contribution in [2.75, 3.05) is 13.1 Å². The van der Waals surface area contributed by atoms with Gasteiger partial charge in [0, 0.05) is 0 Å². The molecule has 0 aromatic rings. The van der Waals surface area contributed by atoms with Crippen LogP contribution in [0.4, 0.5) is 0 Å². The Balaban J connectivity index is 5.92. The first kappa shape index (κ1) is 27.9. The maximum absolute atomic E-state index is 6.22. The van der Waals surface area contributed by atoms with E-state index in [-0.39, 0.29) is 0 Å². The van der Waals surface area contributed by atoms with Crippen LogP contribution in [0.5, 0.6) is 0 Å². The Morgan fingerprint density at radius 2 is 0.571 bits per heavy atom. The molecule has 0 aliphatic rings. The fourth-order valence-electron chi connectivity index (χ4n) is 6.95. The quantitative estimate of drug-likeness (QED) is 0.275. The summed E-state index contributed by atoms with van der Waals surface area (Å²) in [6.07, 6.45) is 10.2. The second-order valence-electron chi connectivity index (χ2n) is 9.24. The molecule has 0 spiro atoms. The van der Waals surface area contributed by atoms with Gasteiger partial charge < -0.3 is 11.5 Å². The Kier molecular flexibility index (Phi) is 15.7. The molecule has 170 valence electrons. The van der Waals surface area contributed by atoms with Gasteiger partial charge in [0.15, 0.2) is 0 Å². The van der Waals surface area contributed by atoms with Crippen LogP contribution in [0.2, 0.25) is 0 Å². The molecule has 28 heavy (non-hydrogen) atoms. The van der Waals surface area contributed by atoms with Crippen molar-refractivity contribution in [2.24, 2.45) is 58.8 Å². The molecular formula is C26H56N2. The van der Waals surface area contributed by atoms with Gasteiger partial charge in [-0.15, -0.1) is 0 Å². The van der Waals surface area contributed by atoms with Crippen LogP contribution < -0.4 is 11.5 Å². The number of hydrogen-bond donors (Lipinski definition) is 2. The molecule has 0 saturated carbocycles. The molecular weight excluding hydrogens is 340 g/mol. The second kappa shape index (κ2) is 15.7. The van der Waals surface area contributed by atoms with Gasteiger partial charge in [-0.05, 0) is 60.4 Å². The van der Waals surface area contributed by atoms with Crippen LogP contribution in [0.3, 0.4) is 0 Å². The van der Waals surface area contributed by atoms with Gasteiger partial charge in [-0.25, -0.2) is 0 Å². The molecule has 0 heterocycles. The molecule has 0 aliphatic carbocycles. The molecule has 8 atom stereocenters. The van der Waals surface area contributed by atoms with Crippen LogP contribution >= 0.6 is 0 Å². The topological polar surface area (TPSA) is 52.0 Å². The minimum absolute atomic E-state index is 0.677. The average molecular weight is 397 g/mol. The highest BCUT2D eigenvalue weighted by Crippen LogP contribution is 2.46. The van der Waals surface area contributed by atoms with Crippen molar-refractivity contribution in [1.82, 2.24) is 0 Å². The zero-order valence-corrected chi connectivity index (χ0v) is 20.8. The van der Waals surface area contributed by atoms with Gasteiger partial charge in [0.2, 0.25) is 0 Å². The minimum Gasteiger partial charge on any atom is -0.330 e. The Bertz CT molecular complexity index is 314. The van der Waals surface area contributed by atoms with Gasteiger partial charge in [0.05, 0.1) is 0 Å². The summed E-state index contributed by atoms with van der Waals surface area (Å²) in [4.78, 5) is 0. The normalized spacial score (nSPS) is 20.8. The fourth-order valence-corrected chi connectivity index (χ4v) is 6.95. The van der Waals surface area contributed by atoms with E-state index in [1.807, 2.05) is 0 Å². The van der Waals surface area contributed by atoms with E-state index in [0.29, 0.717) is 11.8 Å². The third-order valence-electron chi connectivity index (χ3n) is 8.44. The first-order chi connectivity index (χ1) is 13.5. The summed E-state index contributed by atoms with van der Waals surface area (Å²) in [7, 11) is 0. The van der Waals surface area contributed by atoms with E-state index in [4.69, 9.17) is 11.5 Å². The van der Waals surface area contributed by atoms with Gasteiger partial charge in [-0.3, -0.25) is 0 Å². The SMILES string of the molecule is CCC(CN)C(CC)C(CC)C(CC)C(CC)C(CC)C(CC)C(CC)CN. The first-order valence-corrected chi connectivity index (χ1v) is 12.9. The molecule has 8 unspecified atom stereocenters. The minimum atomic E-state index is 0.677. The van der Waals surface area contributed by atoms with Gasteiger partial charge in [0.1, 0.15) is 0 Å². The Morgan fingerprint density at radius 1 is 0.357 bits per heavy atom.